The maximum atomic E-state index is 12.6. The highest BCUT2D eigenvalue weighted by Gasteiger charge is 2.32. The summed E-state index contributed by atoms with van der Waals surface area (Å²) in [5.74, 6) is -1.09. The van der Waals surface area contributed by atoms with Crippen LogP contribution in [0.2, 0.25) is 0 Å². The molecule has 1 aromatic carbocycles. The minimum Gasteiger partial charge on any atom is -0.481 e. The second kappa shape index (κ2) is 7.09. The average molecular weight is 310 g/mol. The van der Waals surface area contributed by atoms with Gasteiger partial charge in [-0.1, -0.05) is 25.1 Å². The Morgan fingerprint density at radius 1 is 1.43 bits per heavy atom. The molecule has 1 aromatic rings. The molecule has 0 heterocycles. The molecule has 0 amide bonds. The number of aliphatic carboxylic acids is 1. The van der Waals surface area contributed by atoms with Crippen LogP contribution in [0.3, 0.4) is 0 Å². The molecule has 0 aliphatic carbocycles. The molecule has 0 aromatic heterocycles. The molecule has 0 spiro atoms. The van der Waals surface area contributed by atoms with Crippen LogP contribution >= 0.6 is 0 Å². The van der Waals surface area contributed by atoms with Crippen molar-refractivity contribution in [3.05, 3.63) is 29.8 Å². The standard InChI is InChI=1S/C14H18N2O4S/c1-3-12(10-15)21(19,20)16(9-8-14(17)18)13-7-5-4-6-11(13)2/h4-7,12H,3,8-9H2,1-2H3,(H,17,18). The summed E-state index contributed by atoms with van der Waals surface area (Å²) in [6.07, 6.45) is -0.177. The number of para-hydroxylation sites is 1. The number of benzene rings is 1. The number of aryl methyl sites for hydroxylation is 1. The van der Waals surface area contributed by atoms with Crippen LogP contribution in [-0.4, -0.2) is 31.3 Å². The molecule has 21 heavy (non-hydrogen) atoms. The van der Waals surface area contributed by atoms with E-state index in [1.54, 1.807) is 44.2 Å². The molecule has 0 fully saturated rings. The van der Waals surface area contributed by atoms with E-state index in [0.29, 0.717) is 11.3 Å². The van der Waals surface area contributed by atoms with E-state index in [1.165, 1.54) is 0 Å². The maximum Gasteiger partial charge on any atom is 0.305 e. The van der Waals surface area contributed by atoms with Crippen LogP contribution in [0.25, 0.3) is 0 Å². The smallest absolute Gasteiger partial charge is 0.305 e. The van der Waals surface area contributed by atoms with E-state index in [2.05, 4.69) is 0 Å². The average Bonchev–Trinajstić information content (AvgIpc) is 2.41. The molecule has 6 nitrogen and oxygen atoms in total. The molecule has 1 N–H and O–H groups in total. The summed E-state index contributed by atoms with van der Waals surface area (Å²) in [7, 11) is -3.93. The summed E-state index contributed by atoms with van der Waals surface area (Å²) in [6.45, 7) is 3.16. The summed E-state index contributed by atoms with van der Waals surface area (Å²) < 4.78 is 26.2. The molecule has 0 bridgehead atoms. The lowest BCUT2D eigenvalue weighted by Crippen LogP contribution is -2.39. The zero-order valence-corrected chi connectivity index (χ0v) is 12.8. The minimum absolute atomic E-state index is 0.147. The van der Waals surface area contributed by atoms with Gasteiger partial charge in [0.15, 0.2) is 5.25 Å². The molecule has 0 saturated heterocycles. The molecule has 0 aliphatic heterocycles. The van der Waals surface area contributed by atoms with Crippen molar-refractivity contribution < 1.29 is 18.3 Å². The Hall–Kier alpha value is -2.07. The van der Waals surface area contributed by atoms with Crippen molar-refractivity contribution in [2.75, 3.05) is 10.8 Å². The maximum absolute atomic E-state index is 12.6. The lowest BCUT2D eigenvalue weighted by atomic mass is 10.2. The summed E-state index contributed by atoms with van der Waals surface area (Å²) in [6, 6.07) is 8.57. The fourth-order valence-electron chi connectivity index (χ4n) is 1.95. The molecule has 0 saturated carbocycles. The van der Waals surface area contributed by atoms with Gasteiger partial charge in [0.2, 0.25) is 0 Å². The zero-order valence-electron chi connectivity index (χ0n) is 12.0. The molecular formula is C14H18N2O4S. The number of carboxylic acids is 1. The van der Waals surface area contributed by atoms with Gasteiger partial charge in [-0.15, -0.1) is 0 Å². The number of carbonyl (C=O) groups is 1. The van der Waals surface area contributed by atoms with E-state index in [9.17, 15) is 13.2 Å². The summed E-state index contributed by atoms with van der Waals surface area (Å²) >= 11 is 0. The largest absolute Gasteiger partial charge is 0.481 e. The van der Waals surface area contributed by atoms with Crippen LogP contribution < -0.4 is 4.31 Å². The first kappa shape index (κ1) is 17.0. The van der Waals surface area contributed by atoms with Crippen molar-refractivity contribution in [2.45, 2.75) is 31.9 Å². The molecule has 0 radical (unpaired) electrons. The van der Waals surface area contributed by atoms with Gasteiger partial charge >= 0.3 is 5.97 Å². The number of sulfonamides is 1. The first-order valence-corrected chi connectivity index (χ1v) is 8.03. The number of nitriles is 1. The van der Waals surface area contributed by atoms with Crippen molar-refractivity contribution in [3.63, 3.8) is 0 Å². The minimum atomic E-state index is -3.93. The van der Waals surface area contributed by atoms with Crippen LogP contribution in [0.15, 0.2) is 24.3 Å². The lowest BCUT2D eigenvalue weighted by molar-refractivity contribution is -0.136. The first-order valence-electron chi connectivity index (χ1n) is 6.53. The highest BCUT2D eigenvalue weighted by atomic mass is 32.2. The third-order valence-electron chi connectivity index (χ3n) is 3.09. The molecular weight excluding hydrogens is 292 g/mol. The second-order valence-electron chi connectivity index (χ2n) is 4.57. The van der Waals surface area contributed by atoms with Gasteiger partial charge in [0.1, 0.15) is 0 Å². The van der Waals surface area contributed by atoms with Crippen LogP contribution in [0, 0.1) is 18.3 Å². The van der Waals surface area contributed by atoms with Crippen molar-refractivity contribution in [1.82, 2.24) is 0 Å². The van der Waals surface area contributed by atoms with Crippen LogP contribution in [0.4, 0.5) is 5.69 Å². The molecule has 1 atom stereocenters. The van der Waals surface area contributed by atoms with Gasteiger partial charge in [0.25, 0.3) is 10.0 Å². The second-order valence-corrected chi connectivity index (χ2v) is 6.61. The Bertz CT molecular complexity index is 649. The van der Waals surface area contributed by atoms with Gasteiger partial charge in [-0.05, 0) is 25.0 Å². The van der Waals surface area contributed by atoms with E-state index in [4.69, 9.17) is 10.4 Å². The van der Waals surface area contributed by atoms with Gasteiger partial charge in [-0.3, -0.25) is 9.10 Å². The van der Waals surface area contributed by atoms with E-state index >= 15 is 0 Å². The van der Waals surface area contributed by atoms with Crippen LogP contribution in [-0.2, 0) is 14.8 Å². The summed E-state index contributed by atoms with van der Waals surface area (Å²) in [5.41, 5.74) is 1.12. The topological polar surface area (TPSA) is 98.5 Å². The van der Waals surface area contributed by atoms with E-state index in [0.717, 1.165) is 4.31 Å². The van der Waals surface area contributed by atoms with E-state index < -0.39 is 21.2 Å². The molecule has 1 rings (SSSR count). The molecule has 0 aliphatic rings. The number of carboxylic acid groups (broad SMARTS) is 1. The number of anilines is 1. The Morgan fingerprint density at radius 3 is 2.52 bits per heavy atom. The third kappa shape index (κ3) is 3.95. The molecule has 1 unspecified atom stereocenters. The first-order chi connectivity index (χ1) is 9.84. The highest BCUT2D eigenvalue weighted by molar-refractivity contribution is 7.93. The molecule has 114 valence electrons. The number of rotatable bonds is 7. The Balaban J connectivity index is 3.30. The van der Waals surface area contributed by atoms with Crippen molar-refractivity contribution in [2.24, 2.45) is 0 Å². The fourth-order valence-corrected chi connectivity index (χ4v) is 3.63. The monoisotopic (exact) mass is 310 g/mol. The van der Waals surface area contributed by atoms with Crippen molar-refractivity contribution >= 4 is 21.7 Å². The zero-order chi connectivity index (χ0) is 16.0. The molecule has 7 heteroatoms. The number of hydrogen-bond acceptors (Lipinski definition) is 4. The highest BCUT2D eigenvalue weighted by Crippen LogP contribution is 2.25. The van der Waals surface area contributed by atoms with Crippen LogP contribution in [0.1, 0.15) is 25.3 Å². The van der Waals surface area contributed by atoms with Crippen molar-refractivity contribution in [3.8, 4) is 6.07 Å². The summed E-state index contributed by atoms with van der Waals surface area (Å²) in [4.78, 5) is 10.8. The SMILES string of the molecule is CCC(C#N)S(=O)(=O)N(CCC(=O)O)c1ccccc1C. The van der Waals surface area contributed by atoms with Gasteiger partial charge in [-0.25, -0.2) is 8.42 Å². The van der Waals surface area contributed by atoms with Crippen LogP contribution in [0.5, 0.6) is 0 Å². The van der Waals surface area contributed by atoms with Crippen molar-refractivity contribution in [1.29, 1.82) is 5.26 Å². The normalized spacial score (nSPS) is 12.4. The van der Waals surface area contributed by atoms with Gasteiger partial charge in [0.05, 0.1) is 18.2 Å². The van der Waals surface area contributed by atoms with Gasteiger partial charge in [0, 0.05) is 6.54 Å². The fraction of sp³-hybridized carbons (Fsp3) is 0.429. The predicted octanol–water partition coefficient (Wildman–Crippen LogP) is 1.91. The van der Waals surface area contributed by atoms with Gasteiger partial charge in [-0.2, -0.15) is 5.26 Å². The number of nitrogens with zero attached hydrogens (tertiary/aromatic N) is 2. The third-order valence-corrected chi connectivity index (χ3v) is 5.25. The summed E-state index contributed by atoms with van der Waals surface area (Å²) in [5, 5.41) is 16.7. The van der Waals surface area contributed by atoms with Gasteiger partial charge < -0.3 is 5.11 Å². The quantitative estimate of drug-likeness (QED) is 0.829. The van der Waals surface area contributed by atoms with E-state index in [1.807, 2.05) is 0 Å². The Morgan fingerprint density at radius 2 is 2.05 bits per heavy atom. The predicted molar refractivity (Wildman–Crippen MR) is 79.4 cm³/mol. The van der Waals surface area contributed by atoms with E-state index in [-0.39, 0.29) is 19.4 Å². The Labute approximate surface area is 124 Å². The Kier molecular flexibility index (Phi) is 5.73. The lowest BCUT2D eigenvalue weighted by Gasteiger charge is -2.27. The number of hydrogen-bond donors (Lipinski definition) is 1.